The monoisotopic (exact) mass is 456 g/mol. The summed E-state index contributed by atoms with van der Waals surface area (Å²) < 4.78 is 0. The van der Waals surface area contributed by atoms with Gasteiger partial charge in [0.05, 0.1) is 16.8 Å². The van der Waals surface area contributed by atoms with Crippen molar-refractivity contribution >= 4 is 11.3 Å². The summed E-state index contributed by atoms with van der Waals surface area (Å²) in [6.45, 7) is 12.6. The van der Waals surface area contributed by atoms with Gasteiger partial charge in [-0.3, -0.25) is 0 Å². The molecule has 4 rings (SSSR count). The van der Waals surface area contributed by atoms with Gasteiger partial charge in [0.2, 0.25) is 0 Å². The molecule has 4 nitrogen and oxygen atoms in total. The Morgan fingerprint density at radius 1 is 1.06 bits per heavy atom. The van der Waals surface area contributed by atoms with Crippen molar-refractivity contribution in [1.82, 2.24) is 9.88 Å². The topological polar surface area (TPSA) is 56.6 Å². The maximum Gasteiger partial charge on any atom is 0.0964 e. The minimum absolute atomic E-state index is 0.0646. The minimum Gasteiger partial charge on any atom is -0.396 e. The Bertz CT molecular complexity index is 912. The fraction of sp³-hybridized carbons (Fsp3) is 0.667. The fourth-order valence-corrected chi connectivity index (χ4v) is 6.38. The summed E-state index contributed by atoms with van der Waals surface area (Å²) in [5.41, 5.74) is 5.85. The van der Waals surface area contributed by atoms with Crippen molar-refractivity contribution < 1.29 is 10.2 Å². The van der Waals surface area contributed by atoms with E-state index in [0.29, 0.717) is 12.3 Å². The first kappa shape index (κ1) is 23.9. The van der Waals surface area contributed by atoms with E-state index in [1.54, 1.807) is 0 Å². The van der Waals surface area contributed by atoms with Crippen LogP contribution >= 0.6 is 11.3 Å². The molecule has 2 aliphatic rings. The van der Waals surface area contributed by atoms with Crippen LogP contribution in [0.15, 0.2) is 23.6 Å². The SMILES string of the molecule is CC1(C)CCC(C)(C)c2cc(-c3csc(C4CCN(CC[C@H](O)CCO)CC4)n3)ccc21. The molecule has 176 valence electrons. The number of thiazole rings is 1. The number of rotatable bonds is 7. The van der Waals surface area contributed by atoms with Crippen LogP contribution in [0.2, 0.25) is 0 Å². The number of aromatic nitrogens is 1. The lowest BCUT2D eigenvalue weighted by molar-refractivity contribution is 0.103. The van der Waals surface area contributed by atoms with Gasteiger partial charge in [0.15, 0.2) is 0 Å². The van der Waals surface area contributed by atoms with E-state index in [-0.39, 0.29) is 23.5 Å². The molecule has 0 bridgehead atoms. The number of nitrogens with zero attached hydrogens (tertiary/aromatic N) is 2. The number of piperidine rings is 1. The van der Waals surface area contributed by atoms with Gasteiger partial charge in [-0.05, 0) is 79.6 Å². The summed E-state index contributed by atoms with van der Waals surface area (Å²) in [7, 11) is 0. The predicted molar refractivity (Wildman–Crippen MR) is 134 cm³/mol. The second-order valence-corrected chi connectivity index (χ2v) is 12.1. The maximum absolute atomic E-state index is 9.86. The first-order valence-corrected chi connectivity index (χ1v) is 13.2. The average molecular weight is 457 g/mol. The van der Waals surface area contributed by atoms with Crippen LogP contribution < -0.4 is 0 Å². The molecule has 0 amide bonds. The van der Waals surface area contributed by atoms with E-state index in [0.717, 1.165) is 44.6 Å². The molecule has 2 aromatic rings. The number of aliphatic hydroxyl groups excluding tert-OH is 2. The van der Waals surface area contributed by atoms with Crippen LogP contribution in [-0.4, -0.2) is 52.4 Å². The third kappa shape index (κ3) is 5.11. The lowest BCUT2D eigenvalue weighted by atomic mass is 9.63. The Morgan fingerprint density at radius 2 is 1.75 bits per heavy atom. The van der Waals surface area contributed by atoms with E-state index in [2.05, 4.69) is 56.2 Å². The quantitative estimate of drug-likeness (QED) is 0.580. The Balaban J connectivity index is 1.42. The Kier molecular flexibility index (Phi) is 7.11. The summed E-state index contributed by atoms with van der Waals surface area (Å²) in [5, 5.41) is 22.3. The Morgan fingerprint density at radius 3 is 2.44 bits per heavy atom. The van der Waals surface area contributed by atoms with Gasteiger partial charge < -0.3 is 15.1 Å². The summed E-state index contributed by atoms with van der Waals surface area (Å²) >= 11 is 1.82. The molecule has 0 saturated carbocycles. The largest absolute Gasteiger partial charge is 0.396 e. The third-order valence-corrected chi connectivity index (χ3v) is 8.86. The highest BCUT2D eigenvalue weighted by atomic mass is 32.1. The molecule has 1 aliphatic heterocycles. The highest BCUT2D eigenvalue weighted by Crippen LogP contribution is 2.47. The van der Waals surface area contributed by atoms with Crippen molar-refractivity contribution in [1.29, 1.82) is 0 Å². The molecule has 1 aromatic heterocycles. The van der Waals surface area contributed by atoms with Crippen LogP contribution in [0, 0.1) is 0 Å². The molecule has 5 heteroatoms. The van der Waals surface area contributed by atoms with Crippen LogP contribution in [0.25, 0.3) is 11.3 Å². The summed E-state index contributed by atoms with van der Waals surface area (Å²) in [6, 6.07) is 7.05. The highest BCUT2D eigenvalue weighted by molar-refractivity contribution is 7.10. The Hall–Kier alpha value is -1.27. The molecule has 1 atom stereocenters. The van der Waals surface area contributed by atoms with Gasteiger partial charge in [-0.2, -0.15) is 0 Å². The molecule has 1 aromatic carbocycles. The molecule has 0 radical (unpaired) electrons. The van der Waals surface area contributed by atoms with E-state index in [4.69, 9.17) is 10.1 Å². The van der Waals surface area contributed by atoms with Gasteiger partial charge in [-0.25, -0.2) is 4.98 Å². The molecule has 0 spiro atoms. The molecular formula is C27H40N2O2S. The van der Waals surface area contributed by atoms with E-state index < -0.39 is 0 Å². The second kappa shape index (κ2) is 9.54. The number of hydrogen-bond acceptors (Lipinski definition) is 5. The number of likely N-dealkylation sites (tertiary alicyclic amines) is 1. The normalized spacial score (nSPS) is 21.9. The molecule has 1 saturated heterocycles. The molecule has 2 N–H and O–H groups in total. The van der Waals surface area contributed by atoms with E-state index in [9.17, 15) is 5.11 Å². The van der Waals surface area contributed by atoms with Crippen molar-refractivity contribution in [3.05, 3.63) is 39.7 Å². The number of benzene rings is 1. The lowest BCUT2D eigenvalue weighted by Crippen LogP contribution is -2.35. The Labute approximate surface area is 197 Å². The number of fused-ring (bicyclic) bond motifs is 1. The first-order chi connectivity index (χ1) is 15.2. The van der Waals surface area contributed by atoms with E-state index in [1.165, 1.54) is 34.5 Å². The van der Waals surface area contributed by atoms with Crippen LogP contribution in [-0.2, 0) is 10.8 Å². The van der Waals surface area contributed by atoms with Crippen molar-refractivity contribution in [2.45, 2.75) is 89.1 Å². The van der Waals surface area contributed by atoms with Crippen molar-refractivity contribution in [3.8, 4) is 11.3 Å². The van der Waals surface area contributed by atoms with Gasteiger partial charge >= 0.3 is 0 Å². The van der Waals surface area contributed by atoms with Crippen LogP contribution in [0.4, 0.5) is 0 Å². The molecule has 0 unspecified atom stereocenters. The zero-order valence-electron chi connectivity index (χ0n) is 20.2. The summed E-state index contributed by atoms with van der Waals surface area (Å²) in [5.74, 6) is 0.542. The van der Waals surface area contributed by atoms with Crippen molar-refractivity contribution in [2.24, 2.45) is 0 Å². The summed E-state index contributed by atoms with van der Waals surface area (Å²) in [6.07, 6.45) is 5.59. The molecule has 1 aliphatic carbocycles. The minimum atomic E-state index is -0.383. The van der Waals surface area contributed by atoms with Crippen LogP contribution in [0.5, 0.6) is 0 Å². The zero-order valence-corrected chi connectivity index (χ0v) is 21.0. The second-order valence-electron chi connectivity index (χ2n) is 11.2. The van der Waals surface area contributed by atoms with Gasteiger partial charge in [-0.1, -0.05) is 39.8 Å². The zero-order chi connectivity index (χ0) is 22.9. The molecule has 1 fully saturated rings. The van der Waals surface area contributed by atoms with Gasteiger partial charge in [0.1, 0.15) is 0 Å². The standard InChI is InChI=1S/C27H40N2O2S/c1-26(2)11-12-27(3,4)23-17-20(5-6-22(23)26)24-18-32-25(28-24)19-7-13-29(14-8-19)15-9-21(31)10-16-30/h5-6,17-19,21,30-31H,7-16H2,1-4H3/t21-/m0/s1. The smallest absolute Gasteiger partial charge is 0.0964 e. The lowest BCUT2D eigenvalue weighted by Gasteiger charge is -2.42. The third-order valence-electron chi connectivity index (χ3n) is 7.85. The molecular weight excluding hydrogens is 416 g/mol. The predicted octanol–water partition coefficient (Wildman–Crippen LogP) is 5.47. The van der Waals surface area contributed by atoms with Gasteiger partial charge in [0.25, 0.3) is 0 Å². The van der Waals surface area contributed by atoms with E-state index in [1.807, 2.05) is 11.3 Å². The number of hydrogen-bond donors (Lipinski definition) is 2. The van der Waals surface area contributed by atoms with Crippen LogP contribution in [0.1, 0.15) is 88.3 Å². The fourth-order valence-electron chi connectivity index (χ4n) is 5.38. The molecule has 2 heterocycles. The van der Waals surface area contributed by atoms with Crippen LogP contribution in [0.3, 0.4) is 0 Å². The maximum atomic E-state index is 9.86. The first-order valence-electron chi connectivity index (χ1n) is 12.3. The van der Waals surface area contributed by atoms with Crippen molar-refractivity contribution in [3.63, 3.8) is 0 Å². The van der Waals surface area contributed by atoms with E-state index >= 15 is 0 Å². The van der Waals surface area contributed by atoms with Gasteiger partial charge in [0, 0.05) is 30.0 Å². The highest BCUT2D eigenvalue weighted by Gasteiger charge is 2.37. The molecule has 32 heavy (non-hydrogen) atoms. The average Bonchev–Trinajstić information content (AvgIpc) is 3.26. The summed E-state index contributed by atoms with van der Waals surface area (Å²) in [4.78, 5) is 7.54. The van der Waals surface area contributed by atoms with Crippen molar-refractivity contribution in [2.75, 3.05) is 26.2 Å². The number of aliphatic hydroxyl groups is 2. The van der Waals surface area contributed by atoms with Gasteiger partial charge in [-0.15, -0.1) is 11.3 Å².